The van der Waals surface area contributed by atoms with Crippen molar-refractivity contribution in [1.29, 1.82) is 0 Å². The fraction of sp³-hybridized carbons (Fsp3) is 0.625. The molecule has 0 amide bonds. The van der Waals surface area contributed by atoms with Crippen molar-refractivity contribution in [1.82, 2.24) is 4.90 Å². The molecule has 1 aromatic rings. The molecular weight excluding hydrogens is 238 g/mol. The van der Waals surface area contributed by atoms with Crippen molar-refractivity contribution in [2.24, 2.45) is 0 Å². The van der Waals surface area contributed by atoms with E-state index in [4.69, 9.17) is 0 Å². The molecule has 0 aromatic heterocycles. The maximum absolute atomic E-state index is 10.2. The molecule has 1 saturated heterocycles. The number of piperidine rings is 1. The molecule has 0 radical (unpaired) electrons. The normalized spacial score (nSPS) is 22.4. The molecule has 2 unspecified atom stereocenters. The second kappa shape index (κ2) is 7.04. The number of hydrogen-bond donors (Lipinski definition) is 2. The number of nitrogens with zero attached hydrogens (tertiary/aromatic N) is 1. The molecule has 106 valence electrons. The highest BCUT2D eigenvalue weighted by Gasteiger charge is 2.22. The summed E-state index contributed by atoms with van der Waals surface area (Å²) in [4.78, 5) is 2.32. The largest absolute Gasteiger partial charge is 0.395 e. The van der Waals surface area contributed by atoms with Gasteiger partial charge in [-0.25, -0.2) is 0 Å². The standard InChI is InChI=1S/C16H25NO2/c1-13-5-7-14(8-6-13)16(19)9-11-17-10-3-2-4-15(17)12-18/h5-8,15-16,18-19H,2-4,9-12H2,1H3. The van der Waals surface area contributed by atoms with Crippen molar-refractivity contribution in [3.05, 3.63) is 35.4 Å². The van der Waals surface area contributed by atoms with Gasteiger partial charge in [0.15, 0.2) is 0 Å². The highest BCUT2D eigenvalue weighted by Crippen LogP contribution is 2.21. The fourth-order valence-corrected chi connectivity index (χ4v) is 2.80. The zero-order chi connectivity index (χ0) is 13.7. The van der Waals surface area contributed by atoms with Crippen LogP contribution in [0.3, 0.4) is 0 Å². The van der Waals surface area contributed by atoms with Gasteiger partial charge in [0.1, 0.15) is 0 Å². The summed E-state index contributed by atoms with van der Waals surface area (Å²) in [7, 11) is 0. The van der Waals surface area contributed by atoms with Crippen LogP contribution in [0, 0.1) is 6.92 Å². The number of likely N-dealkylation sites (tertiary alicyclic amines) is 1. The van der Waals surface area contributed by atoms with Crippen LogP contribution in [0.5, 0.6) is 0 Å². The number of hydrogen-bond acceptors (Lipinski definition) is 3. The van der Waals surface area contributed by atoms with E-state index < -0.39 is 6.10 Å². The van der Waals surface area contributed by atoms with Crippen molar-refractivity contribution in [3.8, 4) is 0 Å². The van der Waals surface area contributed by atoms with Gasteiger partial charge in [-0.3, -0.25) is 4.90 Å². The maximum atomic E-state index is 10.2. The Kier molecular flexibility index (Phi) is 5.37. The topological polar surface area (TPSA) is 43.7 Å². The van der Waals surface area contributed by atoms with Gasteiger partial charge in [0.25, 0.3) is 0 Å². The van der Waals surface area contributed by atoms with E-state index in [1.54, 1.807) is 0 Å². The minimum absolute atomic E-state index is 0.237. The molecule has 19 heavy (non-hydrogen) atoms. The van der Waals surface area contributed by atoms with Gasteiger partial charge >= 0.3 is 0 Å². The Morgan fingerprint density at radius 3 is 2.68 bits per heavy atom. The van der Waals surface area contributed by atoms with E-state index >= 15 is 0 Å². The van der Waals surface area contributed by atoms with Gasteiger partial charge in [0.2, 0.25) is 0 Å². The molecule has 1 heterocycles. The SMILES string of the molecule is Cc1ccc(C(O)CCN2CCCCC2CO)cc1. The van der Waals surface area contributed by atoms with Crippen molar-refractivity contribution in [2.45, 2.75) is 44.8 Å². The number of aliphatic hydroxyl groups is 2. The summed E-state index contributed by atoms with van der Waals surface area (Å²) in [6.07, 6.45) is 3.83. The first-order chi connectivity index (χ1) is 9.20. The van der Waals surface area contributed by atoms with Gasteiger partial charge in [-0.2, -0.15) is 0 Å². The van der Waals surface area contributed by atoms with Gasteiger partial charge in [0, 0.05) is 12.6 Å². The minimum Gasteiger partial charge on any atom is -0.395 e. The van der Waals surface area contributed by atoms with Crippen LogP contribution < -0.4 is 0 Å². The molecule has 2 atom stereocenters. The lowest BCUT2D eigenvalue weighted by atomic mass is 10.0. The minimum atomic E-state index is -0.401. The van der Waals surface area contributed by atoms with Gasteiger partial charge in [-0.1, -0.05) is 36.2 Å². The van der Waals surface area contributed by atoms with Crippen molar-refractivity contribution < 1.29 is 10.2 Å². The van der Waals surface area contributed by atoms with Crippen LogP contribution in [0.1, 0.15) is 42.9 Å². The van der Waals surface area contributed by atoms with Crippen LogP contribution in [0.4, 0.5) is 0 Å². The third-order valence-corrected chi connectivity index (χ3v) is 4.11. The lowest BCUT2D eigenvalue weighted by molar-refractivity contribution is 0.0697. The Bertz CT molecular complexity index is 377. The summed E-state index contributed by atoms with van der Waals surface area (Å²) in [5.74, 6) is 0. The number of aliphatic hydroxyl groups excluding tert-OH is 2. The van der Waals surface area contributed by atoms with Crippen LogP contribution in [-0.2, 0) is 0 Å². The van der Waals surface area contributed by atoms with Crippen LogP contribution in [0.2, 0.25) is 0 Å². The van der Waals surface area contributed by atoms with E-state index in [2.05, 4.69) is 11.8 Å². The molecule has 1 fully saturated rings. The Hall–Kier alpha value is -0.900. The summed E-state index contributed by atoms with van der Waals surface area (Å²) in [6.45, 7) is 4.20. The molecule has 2 N–H and O–H groups in total. The van der Waals surface area contributed by atoms with Gasteiger partial charge in [-0.05, 0) is 38.3 Å². The lowest BCUT2D eigenvalue weighted by Gasteiger charge is -2.35. The van der Waals surface area contributed by atoms with Crippen LogP contribution in [0.15, 0.2) is 24.3 Å². The molecule has 3 heteroatoms. The molecule has 1 aromatic carbocycles. The Morgan fingerprint density at radius 2 is 2.00 bits per heavy atom. The van der Waals surface area contributed by atoms with Gasteiger partial charge in [0.05, 0.1) is 12.7 Å². The third-order valence-electron chi connectivity index (χ3n) is 4.11. The first kappa shape index (κ1) is 14.5. The molecule has 3 nitrogen and oxygen atoms in total. The highest BCUT2D eigenvalue weighted by atomic mass is 16.3. The Labute approximate surface area is 115 Å². The summed E-state index contributed by atoms with van der Waals surface area (Å²) < 4.78 is 0. The quantitative estimate of drug-likeness (QED) is 0.856. The van der Waals surface area contributed by atoms with E-state index in [1.807, 2.05) is 24.3 Å². The average molecular weight is 263 g/mol. The molecule has 0 bridgehead atoms. The average Bonchev–Trinajstić information content (AvgIpc) is 2.45. The predicted octanol–water partition coefficient (Wildman–Crippen LogP) is 2.27. The second-order valence-corrected chi connectivity index (χ2v) is 5.58. The third kappa shape index (κ3) is 4.03. The number of rotatable bonds is 5. The summed E-state index contributed by atoms with van der Waals surface area (Å²) in [5, 5.41) is 19.6. The predicted molar refractivity (Wildman–Crippen MR) is 77.1 cm³/mol. The van der Waals surface area contributed by atoms with Crippen molar-refractivity contribution in [3.63, 3.8) is 0 Å². The molecular formula is C16H25NO2. The molecule has 0 aliphatic carbocycles. The van der Waals surface area contributed by atoms with Crippen LogP contribution in [0.25, 0.3) is 0 Å². The maximum Gasteiger partial charge on any atom is 0.0802 e. The van der Waals surface area contributed by atoms with E-state index in [9.17, 15) is 10.2 Å². The first-order valence-electron chi connectivity index (χ1n) is 7.30. The fourth-order valence-electron chi connectivity index (χ4n) is 2.80. The van der Waals surface area contributed by atoms with E-state index in [-0.39, 0.29) is 6.61 Å². The smallest absolute Gasteiger partial charge is 0.0802 e. The molecule has 1 aliphatic heterocycles. The Balaban J connectivity index is 1.85. The van der Waals surface area contributed by atoms with Crippen LogP contribution >= 0.6 is 0 Å². The molecule has 0 saturated carbocycles. The molecule has 0 spiro atoms. The summed E-state index contributed by atoms with van der Waals surface area (Å²) >= 11 is 0. The zero-order valence-corrected chi connectivity index (χ0v) is 11.8. The number of aryl methyl sites for hydroxylation is 1. The summed E-state index contributed by atoms with van der Waals surface area (Å²) in [6, 6.07) is 8.37. The second-order valence-electron chi connectivity index (χ2n) is 5.58. The number of benzene rings is 1. The van der Waals surface area contributed by atoms with E-state index in [0.717, 1.165) is 31.5 Å². The van der Waals surface area contributed by atoms with Gasteiger partial charge < -0.3 is 10.2 Å². The summed E-state index contributed by atoms with van der Waals surface area (Å²) in [5.41, 5.74) is 2.20. The monoisotopic (exact) mass is 263 g/mol. The van der Waals surface area contributed by atoms with Crippen molar-refractivity contribution >= 4 is 0 Å². The first-order valence-corrected chi connectivity index (χ1v) is 7.30. The van der Waals surface area contributed by atoms with E-state index in [1.165, 1.54) is 18.4 Å². The van der Waals surface area contributed by atoms with Gasteiger partial charge in [-0.15, -0.1) is 0 Å². The Morgan fingerprint density at radius 1 is 1.26 bits per heavy atom. The highest BCUT2D eigenvalue weighted by molar-refractivity contribution is 5.23. The molecule has 1 aliphatic rings. The molecule has 2 rings (SSSR count). The van der Waals surface area contributed by atoms with E-state index in [0.29, 0.717) is 6.04 Å². The zero-order valence-electron chi connectivity index (χ0n) is 11.8. The van der Waals surface area contributed by atoms with Crippen molar-refractivity contribution in [2.75, 3.05) is 19.7 Å². The lowest BCUT2D eigenvalue weighted by Crippen LogP contribution is -2.42. The van der Waals surface area contributed by atoms with Crippen LogP contribution in [-0.4, -0.2) is 40.9 Å².